The summed E-state index contributed by atoms with van der Waals surface area (Å²) < 4.78 is 26.1. The van der Waals surface area contributed by atoms with Gasteiger partial charge < -0.3 is 11.1 Å². The van der Waals surface area contributed by atoms with Crippen molar-refractivity contribution in [2.75, 3.05) is 13.1 Å². The highest BCUT2D eigenvalue weighted by Gasteiger charge is 2.24. The van der Waals surface area contributed by atoms with E-state index in [1.54, 1.807) is 0 Å². The largest absolute Gasteiger partial charge is 0.353 e. The summed E-state index contributed by atoms with van der Waals surface area (Å²) in [5, 5.41) is 13.2. The first kappa shape index (κ1) is 17.0. The van der Waals surface area contributed by atoms with Gasteiger partial charge in [0.1, 0.15) is 0 Å². The molecule has 0 aliphatic rings. The van der Waals surface area contributed by atoms with Crippen molar-refractivity contribution < 1.29 is 18.1 Å². The van der Waals surface area contributed by atoms with Crippen molar-refractivity contribution in [3.63, 3.8) is 0 Å². The number of amides is 1. The van der Waals surface area contributed by atoms with E-state index in [4.69, 9.17) is 5.73 Å². The number of nitrogens with two attached hydrogens (primary N) is 1. The van der Waals surface area contributed by atoms with E-state index >= 15 is 0 Å². The molecule has 116 valence electrons. The molecular formula is C11H16N4O5S. The van der Waals surface area contributed by atoms with Gasteiger partial charge >= 0.3 is 0 Å². The number of benzene rings is 1. The number of carbonyl (C=O) groups excluding carboxylic acids is 1. The van der Waals surface area contributed by atoms with Crippen LogP contribution in [-0.2, 0) is 14.8 Å². The number of nitrogens with one attached hydrogen (secondary N) is 2. The van der Waals surface area contributed by atoms with Crippen molar-refractivity contribution in [1.82, 2.24) is 10.0 Å². The Bertz CT molecular complexity index is 629. The van der Waals surface area contributed by atoms with Crippen molar-refractivity contribution in [2.24, 2.45) is 5.73 Å². The first-order valence-electron chi connectivity index (χ1n) is 6.02. The van der Waals surface area contributed by atoms with Gasteiger partial charge in [-0.25, -0.2) is 13.1 Å². The maximum atomic E-state index is 12.0. The SMILES string of the molecule is C[C@@H](N)C(=O)NCCNS(=O)(=O)c1ccccc1[N+](=O)[O-]. The second-order valence-corrected chi connectivity index (χ2v) is 5.94. The highest BCUT2D eigenvalue weighted by atomic mass is 32.2. The fourth-order valence-electron chi connectivity index (χ4n) is 1.45. The Morgan fingerprint density at radius 1 is 1.38 bits per heavy atom. The molecule has 0 saturated carbocycles. The van der Waals surface area contributed by atoms with E-state index in [1.807, 2.05) is 0 Å². The topological polar surface area (TPSA) is 144 Å². The number of hydrogen-bond donors (Lipinski definition) is 3. The number of nitro benzene ring substituents is 1. The van der Waals surface area contributed by atoms with Gasteiger partial charge in [-0.2, -0.15) is 0 Å². The summed E-state index contributed by atoms with van der Waals surface area (Å²) >= 11 is 0. The van der Waals surface area contributed by atoms with Gasteiger partial charge in [-0.1, -0.05) is 12.1 Å². The Balaban J connectivity index is 2.71. The number of nitrogens with zero attached hydrogens (tertiary/aromatic N) is 1. The third kappa shape index (κ3) is 4.77. The minimum Gasteiger partial charge on any atom is -0.353 e. The molecule has 0 spiro atoms. The Labute approximate surface area is 121 Å². The molecule has 21 heavy (non-hydrogen) atoms. The highest BCUT2D eigenvalue weighted by molar-refractivity contribution is 7.89. The van der Waals surface area contributed by atoms with Gasteiger partial charge in [-0.15, -0.1) is 0 Å². The molecule has 0 aliphatic carbocycles. The molecule has 0 bridgehead atoms. The van der Waals surface area contributed by atoms with Crippen molar-refractivity contribution in [2.45, 2.75) is 17.9 Å². The van der Waals surface area contributed by atoms with E-state index in [1.165, 1.54) is 19.1 Å². The van der Waals surface area contributed by atoms with Gasteiger partial charge in [0, 0.05) is 19.2 Å². The van der Waals surface area contributed by atoms with Crippen molar-refractivity contribution >= 4 is 21.6 Å². The first-order valence-corrected chi connectivity index (χ1v) is 7.50. The predicted molar refractivity (Wildman–Crippen MR) is 74.9 cm³/mol. The van der Waals surface area contributed by atoms with Gasteiger partial charge in [0.15, 0.2) is 4.90 Å². The lowest BCUT2D eigenvalue weighted by atomic mass is 10.3. The Morgan fingerprint density at radius 2 is 2.00 bits per heavy atom. The monoisotopic (exact) mass is 316 g/mol. The summed E-state index contributed by atoms with van der Waals surface area (Å²) in [5.74, 6) is -0.417. The zero-order chi connectivity index (χ0) is 16.0. The van der Waals surface area contributed by atoms with Gasteiger partial charge in [-0.3, -0.25) is 14.9 Å². The van der Waals surface area contributed by atoms with Crippen LogP contribution >= 0.6 is 0 Å². The van der Waals surface area contributed by atoms with E-state index in [-0.39, 0.29) is 13.1 Å². The molecule has 0 aliphatic heterocycles. The molecule has 9 nitrogen and oxygen atoms in total. The average molecular weight is 316 g/mol. The summed E-state index contributed by atoms with van der Waals surface area (Å²) in [4.78, 5) is 20.8. The molecule has 0 heterocycles. The minimum absolute atomic E-state index is 0.0280. The van der Waals surface area contributed by atoms with E-state index in [9.17, 15) is 23.3 Å². The lowest BCUT2D eigenvalue weighted by Gasteiger charge is -2.09. The first-order chi connectivity index (χ1) is 9.75. The predicted octanol–water partition coefficient (Wildman–Crippen LogP) is -0.663. The van der Waals surface area contributed by atoms with Crippen molar-refractivity contribution in [1.29, 1.82) is 0 Å². The van der Waals surface area contributed by atoms with Crippen LogP contribution in [-0.4, -0.2) is 38.4 Å². The smallest absolute Gasteiger partial charge is 0.289 e. The molecule has 1 amide bonds. The minimum atomic E-state index is -4.03. The zero-order valence-electron chi connectivity index (χ0n) is 11.3. The number of sulfonamides is 1. The summed E-state index contributed by atoms with van der Waals surface area (Å²) in [6, 6.07) is 4.31. The third-order valence-corrected chi connectivity index (χ3v) is 3.99. The van der Waals surface area contributed by atoms with Crippen LogP contribution in [0, 0.1) is 10.1 Å². The number of para-hydroxylation sites is 1. The lowest BCUT2D eigenvalue weighted by molar-refractivity contribution is -0.387. The maximum Gasteiger partial charge on any atom is 0.289 e. The molecule has 0 aromatic heterocycles. The van der Waals surface area contributed by atoms with Crippen LogP contribution in [0.4, 0.5) is 5.69 Å². The van der Waals surface area contributed by atoms with Gasteiger partial charge in [-0.05, 0) is 13.0 Å². The molecule has 0 fully saturated rings. The highest BCUT2D eigenvalue weighted by Crippen LogP contribution is 2.22. The molecule has 1 aromatic carbocycles. The fraction of sp³-hybridized carbons (Fsp3) is 0.364. The molecule has 0 unspecified atom stereocenters. The van der Waals surface area contributed by atoms with E-state index in [2.05, 4.69) is 10.0 Å². The van der Waals surface area contributed by atoms with Gasteiger partial charge in [0.05, 0.1) is 11.0 Å². The Hall–Kier alpha value is -2.04. The molecule has 1 rings (SSSR count). The number of rotatable bonds is 7. The zero-order valence-corrected chi connectivity index (χ0v) is 12.1. The quantitative estimate of drug-likeness (QED) is 0.346. The Morgan fingerprint density at radius 3 is 2.57 bits per heavy atom. The molecule has 1 aromatic rings. The standard InChI is InChI=1S/C11H16N4O5S/c1-8(12)11(16)13-6-7-14-21(19,20)10-5-3-2-4-9(10)15(17)18/h2-5,8,14H,6-7,12H2,1H3,(H,13,16)/t8-/m1/s1. The van der Waals surface area contributed by atoms with Crippen molar-refractivity contribution in [3.05, 3.63) is 34.4 Å². The van der Waals surface area contributed by atoms with Crippen LogP contribution in [0.1, 0.15) is 6.92 Å². The Kier molecular flexibility index (Phi) is 5.76. The third-order valence-electron chi connectivity index (χ3n) is 2.48. The normalized spacial score (nSPS) is 12.7. The van der Waals surface area contributed by atoms with Gasteiger partial charge in [0.2, 0.25) is 15.9 Å². The van der Waals surface area contributed by atoms with Gasteiger partial charge in [0.25, 0.3) is 5.69 Å². The number of nitro groups is 1. The number of carbonyl (C=O) groups is 1. The lowest BCUT2D eigenvalue weighted by Crippen LogP contribution is -2.42. The second-order valence-electron chi connectivity index (χ2n) is 4.20. The summed E-state index contributed by atoms with van der Waals surface area (Å²) in [6.07, 6.45) is 0. The maximum absolute atomic E-state index is 12.0. The summed E-state index contributed by atoms with van der Waals surface area (Å²) in [5.41, 5.74) is 4.81. The van der Waals surface area contributed by atoms with E-state index < -0.39 is 37.5 Å². The summed E-state index contributed by atoms with van der Waals surface area (Å²) in [7, 11) is -4.03. The molecule has 4 N–H and O–H groups in total. The van der Waals surface area contributed by atoms with Crippen molar-refractivity contribution in [3.8, 4) is 0 Å². The molecule has 0 radical (unpaired) electrons. The molecule has 1 atom stereocenters. The molecular weight excluding hydrogens is 300 g/mol. The fourth-order valence-corrected chi connectivity index (χ4v) is 2.65. The van der Waals surface area contributed by atoms with Crippen LogP contribution in [0.3, 0.4) is 0 Å². The van der Waals surface area contributed by atoms with Crippen LogP contribution in [0.25, 0.3) is 0 Å². The second kappa shape index (κ2) is 7.11. The molecule has 10 heteroatoms. The number of hydrogen-bond acceptors (Lipinski definition) is 6. The average Bonchev–Trinajstić information content (AvgIpc) is 2.43. The van der Waals surface area contributed by atoms with Crippen LogP contribution < -0.4 is 15.8 Å². The van der Waals surface area contributed by atoms with Crippen LogP contribution in [0.2, 0.25) is 0 Å². The van der Waals surface area contributed by atoms with E-state index in [0.717, 1.165) is 12.1 Å². The van der Waals surface area contributed by atoms with Crippen LogP contribution in [0.15, 0.2) is 29.2 Å². The summed E-state index contributed by atoms with van der Waals surface area (Å²) in [6.45, 7) is 1.42. The molecule has 0 saturated heterocycles. The van der Waals surface area contributed by atoms with Crippen LogP contribution in [0.5, 0.6) is 0 Å². The van der Waals surface area contributed by atoms with E-state index in [0.29, 0.717) is 0 Å².